The Balaban J connectivity index is 1.73. The summed E-state index contributed by atoms with van der Waals surface area (Å²) in [7, 11) is 1.68. The molecular weight excluding hydrogens is 432 g/mol. The molecule has 0 aliphatic heterocycles. The van der Waals surface area contributed by atoms with Crippen molar-refractivity contribution >= 4 is 28.9 Å². The number of aliphatic hydroxyl groups is 1. The zero-order chi connectivity index (χ0) is 24.4. The second-order valence-electron chi connectivity index (χ2n) is 8.52. The molecule has 0 spiro atoms. The number of aromatic nitrogens is 4. The van der Waals surface area contributed by atoms with E-state index in [1.54, 1.807) is 18.1 Å². The molecule has 34 heavy (non-hydrogen) atoms. The molecule has 1 aliphatic rings. The number of amides is 2. The number of primary amides is 1. The molecule has 3 aromatic rings. The maximum absolute atomic E-state index is 12.2. The topological polar surface area (TPSA) is 119 Å². The molecule has 0 radical (unpaired) electrons. The predicted octanol–water partition coefficient (Wildman–Crippen LogP) is 2.59. The van der Waals surface area contributed by atoms with Gasteiger partial charge in [0.2, 0.25) is 6.41 Å². The van der Waals surface area contributed by atoms with Crippen LogP contribution in [-0.2, 0) is 4.79 Å². The van der Waals surface area contributed by atoms with Crippen molar-refractivity contribution in [2.45, 2.75) is 32.8 Å². The highest BCUT2D eigenvalue weighted by Crippen LogP contribution is 2.29. The first kappa shape index (κ1) is 23.2. The van der Waals surface area contributed by atoms with Crippen molar-refractivity contribution < 1.29 is 14.7 Å². The van der Waals surface area contributed by atoms with Crippen molar-refractivity contribution in [3.8, 4) is 5.69 Å². The standard InChI is InChI=1S/C25H28N6O3/c1-16-13-30(14-27-16)19-7-8-22-21(12-19)24(25(26)34)28-31(22)20-6-4-5-18(11-20)17(2)23(33)9-10-29(3)15-32/h4,6-8,11-15,23,33H,5,9-10H2,1-3H3,(H2,26,34). The minimum atomic E-state index is -0.668. The fourth-order valence-corrected chi connectivity index (χ4v) is 4.02. The first-order valence-electron chi connectivity index (χ1n) is 11.0. The molecule has 0 bridgehead atoms. The lowest BCUT2D eigenvalue weighted by Gasteiger charge is -2.19. The third-order valence-corrected chi connectivity index (χ3v) is 6.04. The third kappa shape index (κ3) is 4.55. The summed E-state index contributed by atoms with van der Waals surface area (Å²) in [4.78, 5) is 28.8. The smallest absolute Gasteiger partial charge is 0.269 e. The van der Waals surface area contributed by atoms with Gasteiger partial charge in [-0.25, -0.2) is 9.67 Å². The van der Waals surface area contributed by atoms with E-state index >= 15 is 0 Å². The van der Waals surface area contributed by atoms with Crippen LogP contribution in [0.25, 0.3) is 22.3 Å². The van der Waals surface area contributed by atoms with Crippen molar-refractivity contribution in [1.29, 1.82) is 0 Å². The van der Waals surface area contributed by atoms with Gasteiger partial charge < -0.3 is 20.3 Å². The molecule has 1 unspecified atom stereocenters. The summed E-state index contributed by atoms with van der Waals surface area (Å²) >= 11 is 0. The molecule has 2 heterocycles. The van der Waals surface area contributed by atoms with E-state index in [2.05, 4.69) is 10.1 Å². The summed E-state index contributed by atoms with van der Waals surface area (Å²) in [5, 5.41) is 15.8. The Morgan fingerprint density at radius 2 is 2.18 bits per heavy atom. The van der Waals surface area contributed by atoms with E-state index in [1.807, 2.05) is 61.0 Å². The summed E-state index contributed by atoms with van der Waals surface area (Å²) in [6, 6.07) is 5.72. The van der Waals surface area contributed by atoms with E-state index in [0.29, 0.717) is 24.8 Å². The first-order valence-corrected chi connectivity index (χ1v) is 11.0. The van der Waals surface area contributed by atoms with Crippen molar-refractivity contribution in [2.24, 2.45) is 5.73 Å². The van der Waals surface area contributed by atoms with Gasteiger partial charge in [0, 0.05) is 30.9 Å². The molecular formula is C25H28N6O3. The summed E-state index contributed by atoms with van der Waals surface area (Å²) in [6.07, 6.45) is 10.7. The van der Waals surface area contributed by atoms with Crippen LogP contribution < -0.4 is 5.73 Å². The molecule has 0 fully saturated rings. The Morgan fingerprint density at radius 3 is 2.85 bits per heavy atom. The summed E-state index contributed by atoms with van der Waals surface area (Å²) in [6.45, 7) is 4.27. The number of nitrogens with two attached hydrogens (primary N) is 1. The lowest BCUT2D eigenvalue weighted by molar-refractivity contribution is -0.117. The highest BCUT2D eigenvalue weighted by atomic mass is 16.3. The van der Waals surface area contributed by atoms with Crippen LogP contribution in [0.5, 0.6) is 0 Å². The molecule has 2 amide bonds. The van der Waals surface area contributed by atoms with Crippen molar-refractivity contribution in [1.82, 2.24) is 24.2 Å². The Morgan fingerprint density at radius 1 is 1.38 bits per heavy atom. The van der Waals surface area contributed by atoms with Gasteiger partial charge in [-0.2, -0.15) is 5.10 Å². The van der Waals surface area contributed by atoms with E-state index in [4.69, 9.17) is 5.73 Å². The van der Waals surface area contributed by atoms with Gasteiger partial charge in [-0.15, -0.1) is 0 Å². The number of rotatable bonds is 8. The van der Waals surface area contributed by atoms with Crippen LogP contribution in [0.4, 0.5) is 0 Å². The second-order valence-corrected chi connectivity index (χ2v) is 8.52. The maximum Gasteiger partial charge on any atom is 0.269 e. The highest BCUT2D eigenvalue weighted by Gasteiger charge is 2.19. The zero-order valence-corrected chi connectivity index (χ0v) is 19.5. The number of allylic oxidation sites excluding steroid dienone is 5. The fraction of sp³-hybridized carbons (Fsp3) is 0.280. The molecule has 2 aromatic heterocycles. The van der Waals surface area contributed by atoms with Gasteiger partial charge in [0.25, 0.3) is 5.91 Å². The van der Waals surface area contributed by atoms with Gasteiger partial charge in [0.15, 0.2) is 5.69 Å². The largest absolute Gasteiger partial charge is 0.389 e. The van der Waals surface area contributed by atoms with Crippen LogP contribution in [-0.4, -0.2) is 61.4 Å². The lowest BCUT2D eigenvalue weighted by Crippen LogP contribution is -2.23. The quantitative estimate of drug-likeness (QED) is 0.501. The third-order valence-electron chi connectivity index (χ3n) is 6.04. The van der Waals surface area contributed by atoms with Gasteiger partial charge in [-0.05, 0) is 68.2 Å². The Hall–Kier alpha value is -3.98. The SMILES string of the molecule is CC(=C1C=C(n2nc(C(N)=O)c3cc(-n4cnc(C)c4)ccc32)C=CC1)C(O)CCN(C)C=O. The minimum absolute atomic E-state index is 0.188. The number of benzene rings is 1. The Bertz CT molecular complexity index is 1340. The number of aryl methyl sites for hydroxylation is 1. The van der Waals surface area contributed by atoms with E-state index in [0.717, 1.165) is 40.2 Å². The van der Waals surface area contributed by atoms with E-state index in [-0.39, 0.29) is 5.69 Å². The molecule has 1 atom stereocenters. The van der Waals surface area contributed by atoms with Crippen LogP contribution >= 0.6 is 0 Å². The van der Waals surface area contributed by atoms with Gasteiger partial charge in [0.05, 0.1) is 29.3 Å². The Labute approximate surface area is 197 Å². The average molecular weight is 461 g/mol. The first-order chi connectivity index (χ1) is 16.3. The van der Waals surface area contributed by atoms with Crippen molar-refractivity contribution in [3.05, 3.63) is 71.5 Å². The number of hydrogen-bond donors (Lipinski definition) is 2. The summed E-state index contributed by atoms with van der Waals surface area (Å²) in [5.41, 5.74) is 10.9. The second kappa shape index (κ2) is 9.48. The normalized spacial score (nSPS) is 15.8. The lowest BCUT2D eigenvalue weighted by atomic mass is 9.96. The summed E-state index contributed by atoms with van der Waals surface area (Å²) < 4.78 is 3.58. The molecule has 0 saturated heterocycles. The van der Waals surface area contributed by atoms with Crippen LogP contribution in [0, 0.1) is 6.92 Å². The zero-order valence-electron chi connectivity index (χ0n) is 19.5. The van der Waals surface area contributed by atoms with Crippen LogP contribution in [0.1, 0.15) is 35.9 Å². The fourth-order valence-electron chi connectivity index (χ4n) is 4.02. The predicted molar refractivity (Wildman–Crippen MR) is 130 cm³/mol. The van der Waals surface area contributed by atoms with E-state index in [1.165, 1.54) is 4.90 Å². The summed E-state index contributed by atoms with van der Waals surface area (Å²) in [5.74, 6) is -0.607. The molecule has 1 aromatic carbocycles. The minimum Gasteiger partial charge on any atom is -0.389 e. The molecule has 9 heteroatoms. The Kier molecular flexibility index (Phi) is 6.47. The highest BCUT2D eigenvalue weighted by molar-refractivity contribution is 6.05. The average Bonchev–Trinajstić information content (AvgIpc) is 3.45. The number of fused-ring (bicyclic) bond motifs is 1. The number of hydrogen-bond acceptors (Lipinski definition) is 5. The molecule has 176 valence electrons. The monoisotopic (exact) mass is 460 g/mol. The number of carbonyl (C=O) groups is 2. The molecule has 3 N–H and O–H groups in total. The van der Waals surface area contributed by atoms with Crippen LogP contribution in [0.15, 0.2) is 60.1 Å². The number of imidazole rings is 1. The number of aliphatic hydroxyl groups excluding tert-OH is 1. The maximum atomic E-state index is 12.2. The van der Waals surface area contributed by atoms with Crippen LogP contribution in [0.2, 0.25) is 0 Å². The van der Waals surface area contributed by atoms with Crippen molar-refractivity contribution in [2.75, 3.05) is 13.6 Å². The number of carbonyl (C=O) groups excluding carboxylic acids is 2. The van der Waals surface area contributed by atoms with Gasteiger partial charge >= 0.3 is 0 Å². The van der Waals surface area contributed by atoms with Crippen molar-refractivity contribution in [3.63, 3.8) is 0 Å². The molecule has 9 nitrogen and oxygen atoms in total. The number of nitrogens with zero attached hydrogens (tertiary/aromatic N) is 5. The molecule has 0 saturated carbocycles. The molecule has 4 rings (SSSR count). The van der Waals surface area contributed by atoms with Gasteiger partial charge in [-0.1, -0.05) is 6.08 Å². The van der Waals surface area contributed by atoms with Crippen LogP contribution in [0.3, 0.4) is 0 Å². The van der Waals surface area contributed by atoms with E-state index in [9.17, 15) is 14.7 Å². The van der Waals surface area contributed by atoms with E-state index < -0.39 is 12.0 Å². The molecule has 1 aliphatic carbocycles. The van der Waals surface area contributed by atoms with Gasteiger partial charge in [0.1, 0.15) is 0 Å². The van der Waals surface area contributed by atoms with Gasteiger partial charge in [-0.3, -0.25) is 9.59 Å².